The summed E-state index contributed by atoms with van der Waals surface area (Å²) >= 11 is 6.20. The number of aryl methyl sites for hydroxylation is 1. The first-order valence-corrected chi connectivity index (χ1v) is 8.68. The Morgan fingerprint density at radius 3 is 3.00 bits per heavy atom. The average molecular weight is 364 g/mol. The van der Waals surface area contributed by atoms with Gasteiger partial charge in [-0.25, -0.2) is 4.98 Å². The molecule has 2 aromatic rings. The third kappa shape index (κ3) is 3.48. The van der Waals surface area contributed by atoms with Crippen LogP contribution in [0.25, 0.3) is 11.0 Å². The Bertz CT molecular complexity index is 819. The molecule has 3 heterocycles. The molecule has 0 radical (unpaired) electrons. The molecule has 1 aliphatic heterocycles. The molecule has 0 spiro atoms. The molecule has 0 saturated carbocycles. The van der Waals surface area contributed by atoms with E-state index in [1.54, 1.807) is 19.3 Å². The van der Waals surface area contributed by atoms with Gasteiger partial charge in [-0.15, -0.1) is 0 Å². The predicted octanol–water partition coefficient (Wildman–Crippen LogP) is 1.18. The van der Waals surface area contributed by atoms with Gasteiger partial charge < -0.3 is 15.6 Å². The Kier molecular flexibility index (Phi) is 4.96. The number of halogens is 1. The maximum absolute atomic E-state index is 12.5. The fraction of sp³-hybridized carbons (Fsp3) is 0.471. The first kappa shape index (κ1) is 17.7. The van der Waals surface area contributed by atoms with Crippen molar-refractivity contribution in [2.75, 3.05) is 6.54 Å². The lowest BCUT2D eigenvalue weighted by molar-refractivity contribution is -0.129. The number of primary amides is 1. The van der Waals surface area contributed by atoms with Crippen LogP contribution in [0.15, 0.2) is 18.5 Å². The number of likely N-dealkylation sites (tertiary alicyclic amines) is 1. The van der Waals surface area contributed by atoms with Crippen molar-refractivity contribution in [3.63, 3.8) is 0 Å². The normalized spacial score (nSPS) is 19.2. The number of carbonyl (C=O) groups excluding carboxylic acids is 2. The number of amides is 2. The van der Waals surface area contributed by atoms with Crippen LogP contribution >= 0.6 is 11.6 Å². The second kappa shape index (κ2) is 7.01. The quantitative estimate of drug-likeness (QED) is 0.834. The molecule has 0 aromatic carbocycles. The number of hydrogen-bond acceptors (Lipinski definition) is 4. The maximum atomic E-state index is 12.5. The summed E-state index contributed by atoms with van der Waals surface area (Å²) < 4.78 is 1.86. The van der Waals surface area contributed by atoms with Gasteiger partial charge in [0.2, 0.25) is 11.8 Å². The summed E-state index contributed by atoms with van der Waals surface area (Å²) in [4.78, 5) is 30.2. The SMILES string of the molecule is C[C@@H](C(=O)NCc1cnc2c(c1)c(Cl)cn2C)N1CCCC1C(N)=O. The van der Waals surface area contributed by atoms with Crippen LogP contribution in [0.5, 0.6) is 0 Å². The summed E-state index contributed by atoms with van der Waals surface area (Å²) in [6.45, 7) is 2.86. The van der Waals surface area contributed by atoms with Gasteiger partial charge in [-0.2, -0.15) is 0 Å². The minimum atomic E-state index is -0.406. The molecule has 8 heteroatoms. The lowest BCUT2D eigenvalue weighted by Gasteiger charge is -2.27. The molecule has 3 rings (SSSR count). The Balaban J connectivity index is 1.65. The minimum Gasteiger partial charge on any atom is -0.368 e. The van der Waals surface area contributed by atoms with E-state index in [0.717, 1.165) is 23.0 Å². The number of aromatic nitrogens is 2. The summed E-state index contributed by atoms with van der Waals surface area (Å²) in [6, 6.07) is 1.16. The van der Waals surface area contributed by atoms with Gasteiger partial charge in [-0.1, -0.05) is 11.6 Å². The van der Waals surface area contributed by atoms with Gasteiger partial charge in [0.25, 0.3) is 0 Å². The first-order valence-electron chi connectivity index (χ1n) is 8.30. The van der Waals surface area contributed by atoms with Crippen LogP contribution < -0.4 is 11.1 Å². The predicted molar refractivity (Wildman–Crippen MR) is 96.0 cm³/mol. The topological polar surface area (TPSA) is 93.2 Å². The molecule has 2 aromatic heterocycles. The average Bonchev–Trinajstić information content (AvgIpc) is 3.17. The van der Waals surface area contributed by atoms with E-state index >= 15 is 0 Å². The second-order valence-electron chi connectivity index (χ2n) is 6.49. The zero-order valence-electron chi connectivity index (χ0n) is 14.3. The van der Waals surface area contributed by atoms with Gasteiger partial charge in [0.1, 0.15) is 5.65 Å². The number of nitrogens with zero attached hydrogens (tertiary/aromatic N) is 3. The van der Waals surface area contributed by atoms with Gasteiger partial charge >= 0.3 is 0 Å². The van der Waals surface area contributed by atoms with E-state index in [2.05, 4.69) is 10.3 Å². The molecular weight excluding hydrogens is 342 g/mol. The highest BCUT2D eigenvalue weighted by Crippen LogP contribution is 2.24. The number of carbonyl (C=O) groups is 2. The molecule has 134 valence electrons. The fourth-order valence-electron chi connectivity index (χ4n) is 3.40. The molecule has 7 nitrogen and oxygen atoms in total. The van der Waals surface area contributed by atoms with E-state index in [0.29, 0.717) is 24.5 Å². The van der Waals surface area contributed by atoms with E-state index in [1.165, 1.54) is 0 Å². The largest absolute Gasteiger partial charge is 0.368 e. The molecule has 2 amide bonds. The van der Waals surface area contributed by atoms with Crippen LogP contribution in [0.4, 0.5) is 0 Å². The highest BCUT2D eigenvalue weighted by atomic mass is 35.5. The molecule has 25 heavy (non-hydrogen) atoms. The van der Waals surface area contributed by atoms with Crippen molar-refractivity contribution in [2.24, 2.45) is 12.8 Å². The van der Waals surface area contributed by atoms with Gasteiger partial charge in [-0.05, 0) is 37.9 Å². The molecule has 1 fully saturated rings. The van der Waals surface area contributed by atoms with Gasteiger partial charge in [0, 0.05) is 31.4 Å². The molecular formula is C17H22ClN5O2. The van der Waals surface area contributed by atoms with Crippen LogP contribution in [0.1, 0.15) is 25.3 Å². The van der Waals surface area contributed by atoms with Crippen molar-refractivity contribution in [1.82, 2.24) is 19.8 Å². The summed E-state index contributed by atoms with van der Waals surface area (Å²) in [6.07, 6.45) is 5.12. The summed E-state index contributed by atoms with van der Waals surface area (Å²) in [7, 11) is 1.88. The molecule has 1 unspecified atom stereocenters. The first-order chi connectivity index (χ1) is 11.9. The number of nitrogens with two attached hydrogens (primary N) is 1. The van der Waals surface area contributed by atoms with E-state index in [4.69, 9.17) is 17.3 Å². The summed E-state index contributed by atoms with van der Waals surface area (Å²) in [5, 5.41) is 4.39. The Morgan fingerprint density at radius 1 is 1.52 bits per heavy atom. The van der Waals surface area contributed by atoms with Crippen LogP contribution in [0.2, 0.25) is 5.02 Å². The van der Waals surface area contributed by atoms with Gasteiger partial charge in [0.05, 0.1) is 17.1 Å². The fourth-order valence-corrected chi connectivity index (χ4v) is 3.69. The monoisotopic (exact) mass is 363 g/mol. The lowest BCUT2D eigenvalue weighted by atomic mass is 10.1. The number of pyridine rings is 1. The molecule has 1 aliphatic rings. The Hall–Kier alpha value is -2.12. The third-order valence-corrected chi connectivity index (χ3v) is 5.09. The van der Waals surface area contributed by atoms with Crippen molar-refractivity contribution in [3.05, 3.63) is 29.0 Å². The highest BCUT2D eigenvalue weighted by molar-refractivity contribution is 6.35. The summed E-state index contributed by atoms with van der Waals surface area (Å²) in [5.74, 6) is -0.502. The smallest absolute Gasteiger partial charge is 0.237 e. The molecule has 1 saturated heterocycles. The number of rotatable bonds is 5. The minimum absolute atomic E-state index is 0.132. The van der Waals surface area contributed by atoms with Crippen molar-refractivity contribution in [3.8, 4) is 0 Å². The second-order valence-corrected chi connectivity index (χ2v) is 6.90. The zero-order chi connectivity index (χ0) is 18.1. The lowest BCUT2D eigenvalue weighted by Crippen LogP contribution is -2.50. The highest BCUT2D eigenvalue weighted by Gasteiger charge is 2.35. The Morgan fingerprint density at radius 2 is 2.28 bits per heavy atom. The number of hydrogen-bond donors (Lipinski definition) is 2. The molecule has 2 atom stereocenters. The van der Waals surface area contributed by atoms with Crippen LogP contribution in [-0.2, 0) is 23.2 Å². The van der Waals surface area contributed by atoms with Crippen LogP contribution in [0, 0.1) is 0 Å². The molecule has 3 N–H and O–H groups in total. The summed E-state index contributed by atoms with van der Waals surface area (Å²) in [5.41, 5.74) is 7.10. The van der Waals surface area contributed by atoms with Crippen molar-refractivity contribution >= 4 is 34.4 Å². The van der Waals surface area contributed by atoms with Crippen molar-refractivity contribution in [2.45, 2.75) is 38.4 Å². The standard InChI is InChI=1S/C17H22ClN5O2/c1-10(23-5-3-4-14(23)15(19)24)17(25)21-8-11-6-12-13(18)9-22(2)16(12)20-7-11/h6-7,9-10,14H,3-5,8H2,1-2H3,(H2,19,24)(H,21,25)/t10-,14?/m0/s1. The van der Waals surface area contributed by atoms with E-state index in [9.17, 15) is 9.59 Å². The molecule has 0 aliphatic carbocycles. The van der Waals surface area contributed by atoms with Crippen LogP contribution in [-0.4, -0.2) is 44.9 Å². The number of nitrogens with one attached hydrogen (secondary N) is 1. The van der Waals surface area contributed by atoms with E-state index < -0.39 is 6.04 Å². The van der Waals surface area contributed by atoms with Crippen LogP contribution in [0.3, 0.4) is 0 Å². The van der Waals surface area contributed by atoms with E-state index in [1.807, 2.05) is 22.6 Å². The van der Waals surface area contributed by atoms with Crippen molar-refractivity contribution < 1.29 is 9.59 Å². The zero-order valence-corrected chi connectivity index (χ0v) is 15.1. The third-order valence-electron chi connectivity index (χ3n) is 4.79. The van der Waals surface area contributed by atoms with Crippen molar-refractivity contribution in [1.29, 1.82) is 0 Å². The number of fused-ring (bicyclic) bond motifs is 1. The van der Waals surface area contributed by atoms with Gasteiger partial charge in [-0.3, -0.25) is 14.5 Å². The van der Waals surface area contributed by atoms with E-state index in [-0.39, 0.29) is 17.9 Å². The maximum Gasteiger partial charge on any atom is 0.237 e. The van der Waals surface area contributed by atoms with Gasteiger partial charge in [0.15, 0.2) is 0 Å². The molecule has 0 bridgehead atoms. The Labute approximate surface area is 151 Å².